The number of hydrogen-bond donors (Lipinski definition) is 2. The molecule has 0 aliphatic carbocycles. The molecule has 0 bridgehead atoms. The maximum atomic E-state index is 12.2. The van der Waals surface area contributed by atoms with Crippen LogP contribution in [-0.4, -0.2) is 51.7 Å². The number of nitrogens with one attached hydrogen (secondary N) is 2. The van der Waals surface area contributed by atoms with E-state index in [9.17, 15) is 8.42 Å². The number of hydrogen-bond acceptors (Lipinski definition) is 5. The lowest BCUT2D eigenvalue weighted by Crippen LogP contribution is -2.42. The molecule has 1 unspecified atom stereocenters. The Kier molecular flexibility index (Phi) is 9.07. The largest absolute Gasteiger partial charge is 0.490 e. The predicted octanol–water partition coefficient (Wildman–Crippen LogP) is 2.92. The maximum absolute atomic E-state index is 12.2. The molecule has 1 aromatic rings. The Hall–Kier alpha value is -1.96. The first kappa shape index (κ1) is 24.1. The van der Waals surface area contributed by atoms with Gasteiger partial charge in [-0.25, -0.2) is 8.42 Å². The van der Waals surface area contributed by atoms with Crippen LogP contribution in [0.15, 0.2) is 23.2 Å². The van der Waals surface area contributed by atoms with Gasteiger partial charge in [-0.05, 0) is 59.2 Å². The average Bonchev–Trinajstić information content (AvgIpc) is 2.61. The quantitative estimate of drug-likeness (QED) is 0.478. The van der Waals surface area contributed by atoms with Crippen LogP contribution in [0.2, 0.25) is 0 Å². The summed E-state index contributed by atoms with van der Waals surface area (Å²) in [7, 11) is -1.52. The van der Waals surface area contributed by atoms with Crippen molar-refractivity contribution in [2.24, 2.45) is 4.99 Å². The van der Waals surface area contributed by atoms with E-state index in [0.717, 1.165) is 11.3 Å². The summed E-state index contributed by atoms with van der Waals surface area (Å²) in [6.45, 7) is 12.4. The van der Waals surface area contributed by atoms with E-state index in [1.54, 1.807) is 27.8 Å². The summed E-state index contributed by atoms with van der Waals surface area (Å²) in [5, 5.41) is 6.35. The minimum absolute atomic E-state index is 0.0448. The van der Waals surface area contributed by atoms with E-state index in [2.05, 4.69) is 15.6 Å². The van der Waals surface area contributed by atoms with Crippen LogP contribution in [-0.2, 0) is 9.84 Å². The highest BCUT2D eigenvalue weighted by Crippen LogP contribution is 2.30. The van der Waals surface area contributed by atoms with Gasteiger partial charge in [-0.1, -0.05) is 6.07 Å². The van der Waals surface area contributed by atoms with E-state index in [-0.39, 0.29) is 11.8 Å². The Bertz CT molecular complexity index is 755. The monoisotopic (exact) mass is 413 g/mol. The zero-order chi connectivity index (χ0) is 21.4. The lowest BCUT2D eigenvalue weighted by atomic mass is 10.1. The van der Waals surface area contributed by atoms with E-state index in [4.69, 9.17) is 9.47 Å². The summed E-state index contributed by atoms with van der Waals surface area (Å²) < 4.78 is 35.0. The van der Waals surface area contributed by atoms with Crippen LogP contribution in [0.25, 0.3) is 0 Å². The maximum Gasteiger partial charge on any atom is 0.191 e. The second-order valence-corrected chi connectivity index (χ2v) is 10.2. The van der Waals surface area contributed by atoms with Gasteiger partial charge >= 0.3 is 0 Å². The van der Waals surface area contributed by atoms with Crippen molar-refractivity contribution in [1.29, 1.82) is 0 Å². The van der Waals surface area contributed by atoms with Crippen molar-refractivity contribution in [3.8, 4) is 11.5 Å². The molecule has 1 aromatic carbocycles. The molecule has 0 fully saturated rings. The van der Waals surface area contributed by atoms with Crippen molar-refractivity contribution in [3.05, 3.63) is 23.8 Å². The Morgan fingerprint density at radius 1 is 1.14 bits per heavy atom. The minimum Gasteiger partial charge on any atom is -0.490 e. The van der Waals surface area contributed by atoms with E-state index in [1.165, 1.54) is 0 Å². The fraction of sp³-hybridized carbons (Fsp3) is 0.650. The van der Waals surface area contributed by atoms with Gasteiger partial charge in [0.05, 0.1) is 29.8 Å². The van der Waals surface area contributed by atoms with E-state index < -0.39 is 14.6 Å². The Labute approximate surface area is 169 Å². The first-order chi connectivity index (χ1) is 13.1. The molecule has 28 heavy (non-hydrogen) atoms. The van der Waals surface area contributed by atoms with E-state index in [0.29, 0.717) is 31.5 Å². The summed E-state index contributed by atoms with van der Waals surface area (Å²) in [6.07, 6.45) is 0. The molecule has 0 saturated carbocycles. The Morgan fingerprint density at radius 2 is 1.75 bits per heavy atom. The molecule has 0 saturated heterocycles. The van der Waals surface area contributed by atoms with Gasteiger partial charge in [0.1, 0.15) is 0 Å². The first-order valence-corrected chi connectivity index (χ1v) is 11.3. The van der Waals surface area contributed by atoms with Gasteiger partial charge in [-0.2, -0.15) is 0 Å². The van der Waals surface area contributed by atoms with Crippen molar-refractivity contribution in [1.82, 2.24) is 10.6 Å². The van der Waals surface area contributed by atoms with Gasteiger partial charge in [0.25, 0.3) is 0 Å². The summed E-state index contributed by atoms with van der Waals surface area (Å²) in [5.74, 6) is 2.01. The molecule has 0 amide bonds. The molecule has 0 aliphatic heterocycles. The van der Waals surface area contributed by atoms with Crippen LogP contribution < -0.4 is 20.1 Å². The topological polar surface area (TPSA) is 89.0 Å². The van der Waals surface area contributed by atoms with Gasteiger partial charge in [-0.3, -0.25) is 4.99 Å². The zero-order valence-electron chi connectivity index (χ0n) is 18.1. The lowest BCUT2D eigenvalue weighted by Gasteiger charge is -2.22. The highest BCUT2D eigenvalue weighted by molar-refractivity contribution is 7.92. The summed E-state index contributed by atoms with van der Waals surface area (Å²) in [5.41, 5.74) is 1.01. The minimum atomic E-state index is -3.18. The molecular weight excluding hydrogens is 378 g/mol. The molecule has 0 spiro atoms. The number of benzene rings is 1. The first-order valence-electron chi connectivity index (χ1n) is 9.64. The van der Waals surface area contributed by atoms with E-state index >= 15 is 0 Å². The van der Waals surface area contributed by atoms with Gasteiger partial charge in [0.2, 0.25) is 0 Å². The van der Waals surface area contributed by atoms with Crippen LogP contribution in [0.5, 0.6) is 11.5 Å². The van der Waals surface area contributed by atoms with Crippen LogP contribution in [0, 0.1) is 0 Å². The molecule has 0 radical (unpaired) electrons. The highest BCUT2D eigenvalue weighted by atomic mass is 32.2. The molecule has 1 rings (SSSR count). The van der Waals surface area contributed by atoms with Crippen LogP contribution in [0.4, 0.5) is 0 Å². The molecule has 0 heterocycles. The molecule has 7 nitrogen and oxygen atoms in total. The molecule has 2 N–H and O–H groups in total. The van der Waals surface area contributed by atoms with Crippen LogP contribution in [0.3, 0.4) is 0 Å². The molecule has 8 heteroatoms. The summed E-state index contributed by atoms with van der Waals surface area (Å²) in [6, 6.07) is 5.76. The number of rotatable bonds is 9. The second-order valence-electron chi connectivity index (χ2n) is 7.37. The molecule has 1 atom stereocenters. The van der Waals surface area contributed by atoms with Crippen LogP contribution in [0.1, 0.15) is 53.1 Å². The lowest BCUT2D eigenvalue weighted by molar-refractivity contribution is 0.287. The summed E-state index contributed by atoms with van der Waals surface area (Å²) >= 11 is 0. The third-order valence-corrected chi connectivity index (χ3v) is 6.85. The fourth-order valence-electron chi connectivity index (χ4n) is 2.43. The Balaban J connectivity index is 2.76. The normalized spacial score (nSPS) is 13.8. The fourth-order valence-corrected chi connectivity index (χ4v) is 3.41. The third-order valence-electron chi connectivity index (χ3n) is 4.24. The predicted molar refractivity (Wildman–Crippen MR) is 115 cm³/mol. The van der Waals surface area contributed by atoms with Crippen molar-refractivity contribution >= 4 is 15.8 Å². The SMILES string of the molecule is CCOc1ccc(C(C)NC(=NC)NCCS(=O)(=O)C(C)(C)C)cc1OCC. The van der Waals surface area contributed by atoms with Gasteiger partial charge < -0.3 is 20.1 Å². The number of guanidine groups is 1. The zero-order valence-corrected chi connectivity index (χ0v) is 18.9. The number of nitrogens with zero attached hydrogens (tertiary/aromatic N) is 1. The molecular formula is C20H35N3O4S. The van der Waals surface area contributed by atoms with Crippen molar-refractivity contribution in [2.45, 2.75) is 52.3 Å². The second kappa shape index (κ2) is 10.5. The van der Waals surface area contributed by atoms with Crippen molar-refractivity contribution in [2.75, 3.05) is 32.6 Å². The molecule has 160 valence electrons. The molecule has 0 aromatic heterocycles. The van der Waals surface area contributed by atoms with Crippen LogP contribution >= 0.6 is 0 Å². The average molecular weight is 414 g/mol. The van der Waals surface area contributed by atoms with Gasteiger partial charge in [0.15, 0.2) is 27.3 Å². The van der Waals surface area contributed by atoms with Gasteiger partial charge in [0, 0.05) is 13.6 Å². The standard InChI is InChI=1S/C20H35N3O4S/c1-8-26-17-11-10-16(14-18(17)27-9-2)15(3)23-19(21-7)22-12-13-28(24,25)20(4,5)6/h10-11,14-15H,8-9,12-13H2,1-7H3,(H2,21,22,23). The van der Waals surface area contributed by atoms with E-state index in [1.807, 2.05) is 39.0 Å². The third kappa shape index (κ3) is 6.89. The number of aliphatic imine (C=N–C) groups is 1. The Morgan fingerprint density at radius 3 is 2.29 bits per heavy atom. The highest BCUT2D eigenvalue weighted by Gasteiger charge is 2.28. The van der Waals surface area contributed by atoms with Crippen molar-refractivity contribution < 1.29 is 17.9 Å². The number of ether oxygens (including phenoxy) is 2. The smallest absolute Gasteiger partial charge is 0.191 e. The number of sulfone groups is 1. The molecule has 0 aliphatic rings. The van der Waals surface area contributed by atoms with Gasteiger partial charge in [-0.15, -0.1) is 0 Å². The summed E-state index contributed by atoms with van der Waals surface area (Å²) in [4.78, 5) is 4.18. The van der Waals surface area contributed by atoms with Crippen molar-refractivity contribution in [3.63, 3.8) is 0 Å².